The Morgan fingerprint density at radius 1 is 1.65 bits per heavy atom. The van der Waals surface area contributed by atoms with Gasteiger partial charge in [0.25, 0.3) is 5.91 Å². The van der Waals surface area contributed by atoms with Crippen LogP contribution in [0, 0.1) is 18.3 Å². The van der Waals surface area contributed by atoms with Gasteiger partial charge in [-0.3, -0.25) is 4.79 Å². The predicted molar refractivity (Wildman–Crippen MR) is 70.5 cm³/mol. The van der Waals surface area contributed by atoms with Gasteiger partial charge in [-0.2, -0.15) is 5.26 Å². The lowest BCUT2D eigenvalue weighted by Gasteiger charge is -2.25. The number of carbonyl (C=O) groups is 1. The van der Waals surface area contributed by atoms with Crippen molar-refractivity contribution in [3.05, 3.63) is 20.8 Å². The Balaban J connectivity index is 2.92. The lowest BCUT2D eigenvalue weighted by Crippen LogP contribution is -2.37. The maximum atomic E-state index is 12.3. The van der Waals surface area contributed by atoms with Crippen molar-refractivity contribution in [2.45, 2.75) is 33.2 Å². The van der Waals surface area contributed by atoms with Gasteiger partial charge in [-0.1, -0.05) is 11.6 Å². The number of nitriles is 1. The van der Waals surface area contributed by atoms with Crippen molar-refractivity contribution in [2.24, 2.45) is 0 Å². The van der Waals surface area contributed by atoms with E-state index in [0.717, 1.165) is 5.56 Å². The average molecular weight is 271 g/mol. The molecule has 0 bridgehead atoms. The van der Waals surface area contributed by atoms with E-state index in [1.165, 1.54) is 11.3 Å². The molecule has 17 heavy (non-hydrogen) atoms. The van der Waals surface area contributed by atoms with Crippen LogP contribution in [0.1, 0.15) is 35.5 Å². The van der Waals surface area contributed by atoms with E-state index in [1.54, 1.807) is 4.90 Å². The molecular formula is C12H15ClN2OS. The monoisotopic (exact) mass is 270 g/mol. The molecule has 0 fully saturated rings. The van der Waals surface area contributed by atoms with E-state index >= 15 is 0 Å². The minimum Gasteiger partial charge on any atom is -0.334 e. The summed E-state index contributed by atoms with van der Waals surface area (Å²) in [6.07, 6.45) is 0.339. The van der Waals surface area contributed by atoms with Crippen molar-refractivity contribution < 1.29 is 4.79 Å². The van der Waals surface area contributed by atoms with E-state index in [9.17, 15) is 4.79 Å². The Bertz CT molecular complexity index is 448. The van der Waals surface area contributed by atoms with Gasteiger partial charge in [0.05, 0.1) is 17.5 Å². The van der Waals surface area contributed by atoms with E-state index in [1.807, 2.05) is 26.2 Å². The second kappa shape index (κ2) is 6.04. The van der Waals surface area contributed by atoms with E-state index in [0.29, 0.717) is 22.9 Å². The van der Waals surface area contributed by atoms with Gasteiger partial charge in [0, 0.05) is 12.6 Å². The summed E-state index contributed by atoms with van der Waals surface area (Å²) in [4.78, 5) is 14.5. The summed E-state index contributed by atoms with van der Waals surface area (Å²) >= 11 is 7.44. The van der Waals surface area contributed by atoms with E-state index in [2.05, 4.69) is 6.07 Å². The largest absolute Gasteiger partial charge is 0.334 e. The topological polar surface area (TPSA) is 44.1 Å². The van der Waals surface area contributed by atoms with Crippen molar-refractivity contribution in [1.29, 1.82) is 5.26 Å². The van der Waals surface area contributed by atoms with Crippen LogP contribution in [0.25, 0.3) is 0 Å². The maximum absolute atomic E-state index is 12.3. The van der Waals surface area contributed by atoms with Crippen LogP contribution in [0.4, 0.5) is 0 Å². The zero-order valence-electron chi connectivity index (χ0n) is 10.2. The van der Waals surface area contributed by atoms with Gasteiger partial charge in [-0.05, 0) is 31.7 Å². The number of aryl methyl sites for hydroxylation is 1. The van der Waals surface area contributed by atoms with Crippen LogP contribution < -0.4 is 0 Å². The molecule has 0 aromatic carbocycles. The van der Waals surface area contributed by atoms with Crippen molar-refractivity contribution in [3.63, 3.8) is 0 Å². The minimum absolute atomic E-state index is 0.0642. The number of carbonyl (C=O) groups excluding carboxylic acids is 1. The first kappa shape index (κ1) is 14.0. The molecule has 3 nitrogen and oxygen atoms in total. The molecule has 1 heterocycles. The van der Waals surface area contributed by atoms with Crippen molar-refractivity contribution >= 4 is 28.8 Å². The summed E-state index contributed by atoms with van der Waals surface area (Å²) in [5.41, 5.74) is 0.920. The third-order valence-electron chi connectivity index (χ3n) is 2.44. The van der Waals surface area contributed by atoms with Gasteiger partial charge in [0.2, 0.25) is 0 Å². The van der Waals surface area contributed by atoms with Crippen molar-refractivity contribution in [2.75, 3.05) is 6.54 Å². The summed E-state index contributed by atoms with van der Waals surface area (Å²) in [7, 11) is 0. The van der Waals surface area contributed by atoms with Crippen LogP contribution in [0.15, 0.2) is 5.38 Å². The predicted octanol–water partition coefficient (Wildman–Crippen LogP) is 3.47. The quantitative estimate of drug-likeness (QED) is 0.841. The molecule has 1 aromatic heterocycles. The molecule has 0 aliphatic rings. The third kappa shape index (κ3) is 3.21. The van der Waals surface area contributed by atoms with Gasteiger partial charge in [0.1, 0.15) is 4.88 Å². The fourth-order valence-electron chi connectivity index (χ4n) is 1.47. The van der Waals surface area contributed by atoms with Gasteiger partial charge >= 0.3 is 0 Å². The molecule has 0 atom stereocenters. The standard InChI is InChI=1S/C12H15ClN2OS/c1-8(2)15(6-4-5-14)12(16)11-10(13)9(3)7-17-11/h7-8H,4,6H2,1-3H3. The fraction of sp³-hybridized carbons (Fsp3) is 0.500. The molecule has 0 radical (unpaired) electrons. The Kier molecular flexibility index (Phi) is 4.98. The minimum atomic E-state index is -0.0849. The molecule has 0 saturated heterocycles. The highest BCUT2D eigenvalue weighted by atomic mass is 35.5. The summed E-state index contributed by atoms with van der Waals surface area (Å²) < 4.78 is 0. The van der Waals surface area contributed by atoms with Crippen molar-refractivity contribution in [3.8, 4) is 6.07 Å². The number of nitrogens with zero attached hydrogens (tertiary/aromatic N) is 2. The zero-order valence-corrected chi connectivity index (χ0v) is 11.7. The smallest absolute Gasteiger partial charge is 0.265 e. The van der Waals surface area contributed by atoms with Gasteiger partial charge in [-0.15, -0.1) is 11.3 Å². The van der Waals surface area contributed by atoms with E-state index in [-0.39, 0.29) is 11.9 Å². The van der Waals surface area contributed by atoms with E-state index in [4.69, 9.17) is 16.9 Å². The van der Waals surface area contributed by atoms with Crippen LogP contribution in [0.5, 0.6) is 0 Å². The molecule has 1 amide bonds. The van der Waals surface area contributed by atoms with Gasteiger partial charge < -0.3 is 4.90 Å². The van der Waals surface area contributed by atoms with Crippen LogP contribution >= 0.6 is 22.9 Å². The molecule has 1 rings (SSSR count). The second-order valence-electron chi connectivity index (χ2n) is 4.06. The Morgan fingerprint density at radius 3 is 2.71 bits per heavy atom. The number of rotatable bonds is 4. The molecule has 0 saturated carbocycles. The molecule has 0 aliphatic heterocycles. The second-order valence-corrected chi connectivity index (χ2v) is 5.32. The summed E-state index contributed by atoms with van der Waals surface area (Å²) in [5, 5.41) is 11.0. The number of thiophene rings is 1. The first-order valence-electron chi connectivity index (χ1n) is 5.40. The first-order valence-corrected chi connectivity index (χ1v) is 6.66. The highest BCUT2D eigenvalue weighted by Crippen LogP contribution is 2.28. The summed E-state index contributed by atoms with van der Waals surface area (Å²) in [6, 6.07) is 2.12. The maximum Gasteiger partial charge on any atom is 0.265 e. The Morgan fingerprint density at radius 2 is 2.29 bits per heavy atom. The van der Waals surface area contributed by atoms with Gasteiger partial charge in [0.15, 0.2) is 0 Å². The molecule has 1 aromatic rings. The van der Waals surface area contributed by atoms with Crippen LogP contribution in [0.3, 0.4) is 0 Å². The Hall–Kier alpha value is -1.05. The van der Waals surface area contributed by atoms with Crippen LogP contribution in [-0.2, 0) is 0 Å². The van der Waals surface area contributed by atoms with Crippen LogP contribution in [-0.4, -0.2) is 23.4 Å². The Labute approximate surface area is 111 Å². The third-order valence-corrected chi connectivity index (χ3v) is 4.13. The molecule has 92 valence electrons. The van der Waals surface area contributed by atoms with E-state index < -0.39 is 0 Å². The van der Waals surface area contributed by atoms with Crippen LogP contribution in [0.2, 0.25) is 5.02 Å². The number of hydrogen-bond donors (Lipinski definition) is 0. The SMILES string of the molecule is Cc1csc(C(=O)N(CCC#N)C(C)C)c1Cl. The molecule has 0 spiro atoms. The first-order chi connectivity index (χ1) is 7.99. The average Bonchev–Trinajstić information content (AvgIpc) is 2.59. The molecule has 0 unspecified atom stereocenters. The molecular weight excluding hydrogens is 256 g/mol. The normalized spacial score (nSPS) is 10.4. The van der Waals surface area contributed by atoms with Gasteiger partial charge in [-0.25, -0.2) is 0 Å². The zero-order chi connectivity index (χ0) is 13.0. The van der Waals surface area contributed by atoms with Crippen molar-refractivity contribution in [1.82, 2.24) is 4.90 Å². The summed E-state index contributed by atoms with van der Waals surface area (Å²) in [5.74, 6) is -0.0849. The molecule has 0 aliphatic carbocycles. The fourth-order valence-corrected chi connectivity index (χ4v) is 2.70. The highest BCUT2D eigenvalue weighted by molar-refractivity contribution is 7.13. The molecule has 0 N–H and O–H groups in total. The lowest BCUT2D eigenvalue weighted by molar-refractivity contribution is 0.0715. The number of halogens is 1. The molecule has 5 heteroatoms. The summed E-state index contributed by atoms with van der Waals surface area (Å²) in [6.45, 7) is 6.19. The lowest BCUT2D eigenvalue weighted by atomic mass is 10.2. The number of hydrogen-bond acceptors (Lipinski definition) is 3. The highest BCUT2D eigenvalue weighted by Gasteiger charge is 2.22. The number of amides is 1.